The SMILES string of the molecule is O=C(CCC1CCCCC1)N1CCN(c2ccccc2[N+](=O)[O-])CC1. The van der Waals surface area contributed by atoms with Gasteiger partial charge in [0.1, 0.15) is 5.69 Å². The Morgan fingerprint density at radius 1 is 1.08 bits per heavy atom. The van der Waals surface area contributed by atoms with Gasteiger partial charge in [-0.3, -0.25) is 14.9 Å². The van der Waals surface area contributed by atoms with Gasteiger partial charge in [0, 0.05) is 38.7 Å². The average Bonchev–Trinajstić information content (AvgIpc) is 2.67. The van der Waals surface area contributed by atoms with Gasteiger partial charge in [-0.25, -0.2) is 0 Å². The molecule has 0 aromatic heterocycles. The van der Waals surface area contributed by atoms with Crippen LogP contribution in [0.3, 0.4) is 0 Å². The van der Waals surface area contributed by atoms with Crippen LogP contribution in [0.5, 0.6) is 0 Å². The quantitative estimate of drug-likeness (QED) is 0.604. The van der Waals surface area contributed by atoms with Crippen LogP contribution in [-0.4, -0.2) is 41.9 Å². The van der Waals surface area contributed by atoms with Gasteiger partial charge in [-0.15, -0.1) is 0 Å². The van der Waals surface area contributed by atoms with Crippen molar-refractivity contribution in [2.45, 2.75) is 44.9 Å². The highest BCUT2D eigenvalue weighted by atomic mass is 16.6. The van der Waals surface area contributed by atoms with Crippen LogP contribution in [0.4, 0.5) is 11.4 Å². The molecule has 2 fully saturated rings. The fraction of sp³-hybridized carbons (Fsp3) is 0.632. The van der Waals surface area contributed by atoms with Gasteiger partial charge in [0.2, 0.25) is 5.91 Å². The van der Waals surface area contributed by atoms with Gasteiger partial charge >= 0.3 is 0 Å². The predicted molar refractivity (Wildman–Crippen MR) is 97.7 cm³/mol. The molecule has 1 aliphatic heterocycles. The van der Waals surface area contributed by atoms with Crippen molar-refractivity contribution in [1.29, 1.82) is 0 Å². The van der Waals surface area contributed by atoms with E-state index in [-0.39, 0.29) is 16.5 Å². The Morgan fingerprint density at radius 2 is 1.76 bits per heavy atom. The Bertz CT molecular complexity index is 606. The minimum Gasteiger partial charge on any atom is -0.362 e. The maximum atomic E-state index is 12.5. The number of nitro benzene ring substituents is 1. The number of hydrogen-bond acceptors (Lipinski definition) is 4. The first-order valence-corrected chi connectivity index (χ1v) is 9.41. The summed E-state index contributed by atoms with van der Waals surface area (Å²) in [5.74, 6) is 0.971. The average molecular weight is 345 g/mol. The molecule has 6 nitrogen and oxygen atoms in total. The second-order valence-electron chi connectivity index (χ2n) is 7.16. The fourth-order valence-corrected chi connectivity index (χ4v) is 4.04. The highest BCUT2D eigenvalue weighted by molar-refractivity contribution is 5.76. The highest BCUT2D eigenvalue weighted by Gasteiger charge is 2.25. The van der Waals surface area contributed by atoms with Crippen molar-refractivity contribution in [2.24, 2.45) is 5.92 Å². The zero-order valence-electron chi connectivity index (χ0n) is 14.7. The summed E-state index contributed by atoms with van der Waals surface area (Å²) in [5, 5.41) is 11.2. The van der Waals surface area contributed by atoms with Crippen LogP contribution in [0.2, 0.25) is 0 Å². The Morgan fingerprint density at radius 3 is 2.44 bits per heavy atom. The molecule has 0 bridgehead atoms. The Balaban J connectivity index is 1.50. The Kier molecular flexibility index (Phi) is 5.89. The van der Waals surface area contributed by atoms with Gasteiger partial charge in [-0.1, -0.05) is 44.2 Å². The summed E-state index contributed by atoms with van der Waals surface area (Å²) in [6.45, 7) is 2.60. The lowest BCUT2D eigenvalue weighted by Crippen LogP contribution is -2.49. The van der Waals surface area contributed by atoms with Crippen molar-refractivity contribution < 1.29 is 9.72 Å². The lowest BCUT2D eigenvalue weighted by molar-refractivity contribution is -0.384. The van der Waals surface area contributed by atoms with Crippen molar-refractivity contribution in [1.82, 2.24) is 4.90 Å². The molecule has 1 amide bonds. The summed E-state index contributed by atoms with van der Waals surface area (Å²) in [6.07, 6.45) is 8.19. The first-order valence-electron chi connectivity index (χ1n) is 9.41. The first-order chi connectivity index (χ1) is 12.1. The Labute approximate surface area is 148 Å². The van der Waals surface area contributed by atoms with Gasteiger partial charge in [-0.2, -0.15) is 0 Å². The number of piperazine rings is 1. The molecule has 1 heterocycles. The lowest BCUT2D eigenvalue weighted by atomic mass is 9.86. The molecule has 1 aromatic carbocycles. The van der Waals surface area contributed by atoms with E-state index in [1.807, 2.05) is 15.9 Å². The van der Waals surface area contributed by atoms with Crippen molar-refractivity contribution in [2.75, 3.05) is 31.1 Å². The van der Waals surface area contributed by atoms with E-state index >= 15 is 0 Å². The van der Waals surface area contributed by atoms with E-state index in [1.165, 1.54) is 38.2 Å². The molecule has 0 spiro atoms. The number of hydrogen-bond donors (Lipinski definition) is 0. The number of carbonyl (C=O) groups excluding carboxylic acids is 1. The molecule has 1 aliphatic carbocycles. The van der Waals surface area contributed by atoms with Gasteiger partial charge < -0.3 is 9.80 Å². The van der Waals surface area contributed by atoms with Crippen LogP contribution >= 0.6 is 0 Å². The van der Waals surface area contributed by atoms with Gasteiger partial charge in [0.25, 0.3) is 5.69 Å². The first kappa shape index (κ1) is 17.7. The number of benzene rings is 1. The fourth-order valence-electron chi connectivity index (χ4n) is 4.04. The van der Waals surface area contributed by atoms with Crippen molar-refractivity contribution in [3.05, 3.63) is 34.4 Å². The summed E-state index contributed by atoms with van der Waals surface area (Å²) >= 11 is 0. The summed E-state index contributed by atoms with van der Waals surface area (Å²) < 4.78 is 0. The van der Waals surface area contributed by atoms with Gasteiger partial charge in [-0.05, 0) is 18.4 Å². The maximum absolute atomic E-state index is 12.5. The lowest BCUT2D eigenvalue weighted by Gasteiger charge is -2.36. The molecule has 0 atom stereocenters. The van der Waals surface area contributed by atoms with Crippen LogP contribution in [0.15, 0.2) is 24.3 Å². The standard InChI is InChI=1S/C19H27N3O3/c23-19(11-10-16-6-2-1-3-7-16)21-14-12-20(13-15-21)17-8-4-5-9-18(17)22(24)25/h4-5,8-9,16H,1-3,6-7,10-15H2. The summed E-state index contributed by atoms with van der Waals surface area (Å²) in [6, 6.07) is 6.84. The summed E-state index contributed by atoms with van der Waals surface area (Å²) in [5.41, 5.74) is 0.793. The number of nitro groups is 1. The monoisotopic (exact) mass is 345 g/mol. The molecule has 0 unspecified atom stereocenters. The molecule has 6 heteroatoms. The molecule has 136 valence electrons. The number of amides is 1. The molecule has 1 aromatic rings. The smallest absolute Gasteiger partial charge is 0.292 e. The number of nitrogens with zero attached hydrogens (tertiary/aromatic N) is 3. The second kappa shape index (κ2) is 8.32. The third kappa shape index (κ3) is 4.50. The van der Waals surface area contributed by atoms with Crippen LogP contribution in [0.25, 0.3) is 0 Å². The molecule has 0 N–H and O–H groups in total. The van der Waals surface area contributed by atoms with Crippen LogP contribution in [-0.2, 0) is 4.79 Å². The zero-order chi connectivity index (χ0) is 17.6. The number of para-hydroxylation sites is 2. The molecule has 2 aliphatic rings. The van der Waals surface area contributed by atoms with Crippen LogP contribution in [0, 0.1) is 16.0 Å². The molecule has 1 saturated heterocycles. The van der Waals surface area contributed by atoms with Gasteiger partial charge in [0.15, 0.2) is 0 Å². The third-order valence-corrected chi connectivity index (χ3v) is 5.54. The van der Waals surface area contributed by atoms with E-state index in [4.69, 9.17) is 0 Å². The number of carbonyl (C=O) groups is 1. The molecular formula is C19H27N3O3. The van der Waals surface area contributed by atoms with Crippen LogP contribution in [0.1, 0.15) is 44.9 Å². The van der Waals surface area contributed by atoms with E-state index in [2.05, 4.69) is 0 Å². The zero-order valence-corrected chi connectivity index (χ0v) is 14.7. The van der Waals surface area contributed by atoms with E-state index < -0.39 is 0 Å². The van der Waals surface area contributed by atoms with E-state index in [0.717, 1.165) is 12.3 Å². The molecule has 0 radical (unpaired) electrons. The summed E-state index contributed by atoms with van der Waals surface area (Å²) in [4.78, 5) is 27.3. The van der Waals surface area contributed by atoms with Crippen molar-refractivity contribution in [3.63, 3.8) is 0 Å². The minimum atomic E-state index is -0.336. The van der Waals surface area contributed by atoms with E-state index in [9.17, 15) is 14.9 Å². The number of rotatable bonds is 5. The third-order valence-electron chi connectivity index (χ3n) is 5.54. The van der Waals surface area contributed by atoms with Gasteiger partial charge in [0.05, 0.1) is 4.92 Å². The van der Waals surface area contributed by atoms with Crippen molar-refractivity contribution >= 4 is 17.3 Å². The molecule has 3 rings (SSSR count). The molecule has 1 saturated carbocycles. The second-order valence-corrected chi connectivity index (χ2v) is 7.16. The summed E-state index contributed by atoms with van der Waals surface area (Å²) in [7, 11) is 0. The maximum Gasteiger partial charge on any atom is 0.292 e. The molecular weight excluding hydrogens is 318 g/mol. The topological polar surface area (TPSA) is 66.7 Å². The Hall–Kier alpha value is -2.11. The number of anilines is 1. The highest BCUT2D eigenvalue weighted by Crippen LogP contribution is 2.29. The predicted octanol–water partition coefficient (Wildman–Crippen LogP) is 3.60. The molecule has 25 heavy (non-hydrogen) atoms. The normalized spacial score (nSPS) is 19.0. The van der Waals surface area contributed by atoms with Crippen molar-refractivity contribution in [3.8, 4) is 0 Å². The van der Waals surface area contributed by atoms with E-state index in [1.54, 1.807) is 12.1 Å². The van der Waals surface area contributed by atoms with Crippen LogP contribution < -0.4 is 4.90 Å². The largest absolute Gasteiger partial charge is 0.362 e. The van der Waals surface area contributed by atoms with E-state index in [0.29, 0.717) is 38.3 Å². The minimum absolute atomic E-state index is 0.138.